The standard InChI is InChI=1S/C28H50N6O11/c29-14-9-15(30)27(25(42)13(14)8-18(37)24(32)26(43)19(38)12-35)45-28-16(31)10-17(36)20(44-28)11-33-21(39)4-2-1-3-7-34-22(40)5-6-23(34)41/h5-6,13-20,24-28,35-38,42-43H,1-4,7-12,29-32H2,(H,33,39)/t13?,14-,15+,16-,17+,18+,19-,20-,24-,25-,26-,27-,28?/m1/s1. The monoisotopic (exact) mass is 646 g/mol. The van der Waals surface area contributed by atoms with Gasteiger partial charge in [-0.1, -0.05) is 6.42 Å². The van der Waals surface area contributed by atoms with Gasteiger partial charge in [-0.3, -0.25) is 19.3 Å². The van der Waals surface area contributed by atoms with Gasteiger partial charge in [0.05, 0.1) is 43.1 Å². The van der Waals surface area contributed by atoms with Crippen LogP contribution in [0.15, 0.2) is 12.2 Å². The van der Waals surface area contributed by atoms with E-state index in [4.69, 9.17) is 37.5 Å². The minimum Gasteiger partial charge on any atom is -0.394 e. The van der Waals surface area contributed by atoms with Crippen molar-refractivity contribution in [1.82, 2.24) is 10.2 Å². The highest BCUT2D eigenvalue weighted by Gasteiger charge is 2.47. The van der Waals surface area contributed by atoms with Gasteiger partial charge in [-0.2, -0.15) is 0 Å². The molecule has 0 spiro atoms. The Hall–Kier alpha value is -2.13. The van der Waals surface area contributed by atoms with Crippen LogP contribution in [0, 0.1) is 5.92 Å². The number of unbranched alkanes of at least 4 members (excludes halogenated alkanes) is 2. The number of aliphatic hydroxyl groups excluding tert-OH is 6. The van der Waals surface area contributed by atoms with Gasteiger partial charge in [0.2, 0.25) is 5.91 Å². The van der Waals surface area contributed by atoms with Gasteiger partial charge >= 0.3 is 0 Å². The fourth-order valence-electron chi connectivity index (χ4n) is 5.96. The Morgan fingerprint density at radius 2 is 1.67 bits per heavy atom. The number of aliphatic hydroxyl groups is 6. The van der Waals surface area contributed by atoms with Crippen LogP contribution in [0.4, 0.5) is 0 Å². The summed E-state index contributed by atoms with van der Waals surface area (Å²) in [5.74, 6) is -1.73. The van der Waals surface area contributed by atoms with Crippen LogP contribution in [-0.2, 0) is 23.9 Å². The molecule has 15 N–H and O–H groups in total. The largest absolute Gasteiger partial charge is 0.394 e. The van der Waals surface area contributed by atoms with Crippen molar-refractivity contribution < 1.29 is 54.5 Å². The number of nitrogens with zero attached hydrogens (tertiary/aromatic N) is 1. The maximum Gasteiger partial charge on any atom is 0.253 e. The molecule has 17 nitrogen and oxygen atoms in total. The van der Waals surface area contributed by atoms with Crippen LogP contribution < -0.4 is 28.3 Å². The zero-order valence-corrected chi connectivity index (χ0v) is 25.2. The van der Waals surface area contributed by atoms with Crippen LogP contribution >= 0.6 is 0 Å². The fourth-order valence-corrected chi connectivity index (χ4v) is 5.96. The average Bonchev–Trinajstić information content (AvgIpc) is 3.32. The van der Waals surface area contributed by atoms with E-state index < -0.39 is 85.7 Å². The number of nitrogens with two attached hydrogens (primary N) is 4. The number of carbonyl (C=O) groups excluding carboxylic acids is 3. The molecular formula is C28H50N6O11. The van der Waals surface area contributed by atoms with Crippen LogP contribution in [0.25, 0.3) is 0 Å². The van der Waals surface area contributed by atoms with E-state index >= 15 is 0 Å². The molecule has 1 saturated carbocycles. The Bertz CT molecular complexity index is 1010. The molecule has 1 saturated heterocycles. The van der Waals surface area contributed by atoms with Crippen LogP contribution in [0.2, 0.25) is 0 Å². The minimum absolute atomic E-state index is 0.0338. The van der Waals surface area contributed by atoms with Crippen molar-refractivity contribution >= 4 is 17.7 Å². The smallest absolute Gasteiger partial charge is 0.253 e. The third-order valence-corrected chi connectivity index (χ3v) is 8.80. The summed E-state index contributed by atoms with van der Waals surface area (Å²) in [7, 11) is 0. The zero-order chi connectivity index (χ0) is 33.4. The molecule has 258 valence electrons. The number of amides is 3. The summed E-state index contributed by atoms with van der Waals surface area (Å²) < 4.78 is 11.9. The fraction of sp³-hybridized carbons (Fsp3) is 0.821. The van der Waals surface area contributed by atoms with E-state index in [0.717, 1.165) is 4.90 Å². The molecule has 0 bridgehead atoms. The number of imide groups is 1. The molecule has 3 rings (SSSR count). The molecule has 0 aromatic heterocycles. The maximum absolute atomic E-state index is 12.4. The number of carbonyl (C=O) groups is 3. The first-order chi connectivity index (χ1) is 21.2. The number of rotatable bonds is 16. The summed E-state index contributed by atoms with van der Waals surface area (Å²) in [5.41, 5.74) is 24.5. The molecule has 0 aromatic carbocycles. The van der Waals surface area contributed by atoms with Crippen molar-refractivity contribution in [2.45, 2.75) is 118 Å². The Kier molecular flexibility index (Phi) is 14.2. The lowest BCUT2D eigenvalue weighted by Gasteiger charge is -2.46. The number of ether oxygens (including phenoxy) is 2. The van der Waals surface area contributed by atoms with Crippen LogP contribution in [0.3, 0.4) is 0 Å². The van der Waals surface area contributed by atoms with Gasteiger partial charge in [0.1, 0.15) is 18.3 Å². The van der Waals surface area contributed by atoms with E-state index in [2.05, 4.69) is 5.32 Å². The van der Waals surface area contributed by atoms with Crippen molar-refractivity contribution in [3.05, 3.63) is 12.2 Å². The van der Waals surface area contributed by atoms with E-state index in [0.29, 0.717) is 19.3 Å². The Balaban J connectivity index is 1.48. The van der Waals surface area contributed by atoms with Gasteiger partial charge < -0.3 is 68.4 Å². The molecule has 17 heteroatoms. The predicted molar refractivity (Wildman–Crippen MR) is 157 cm³/mol. The van der Waals surface area contributed by atoms with Crippen molar-refractivity contribution in [2.75, 3.05) is 19.7 Å². The van der Waals surface area contributed by atoms with Crippen LogP contribution in [-0.4, -0.2) is 146 Å². The second-order valence-corrected chi connectivity index (χ2v) is 12.2. The molecule has 0 radical (unpaired) electrons. The minimum atomic E-state index is -1.62. The van der Waals surface area contributed by atoms with Crippen molar-refractivity contribution in [3.8, 4) is 0 Å². The normalized spacial score (nSPS) is 34.9. The number of hydrogen-bond acceptors (Lipinski definition) is 15. The highest BCUT2D eigenvalue weighted by Crippen LogP contribution is 2.32. The first-order valence-corrected chi connectivity index (χ1v) is 15.4. The van der Waals surface area contributed by atoms with E-state index in [1.165, 1.54) is 12.2 Å². The zero-order valence-electron chi connectivity index (χ0n) is 25.2. The summed E-state index contributed by atoms with van der Waals surface area (Å²) in [5, 5.41) is 63.8. The molecule has 1 aliphatic carbocycles. The van der Waals surface area contributed by atoms with Gasteiger partial charge in [-0.15, -0.1) is 0 Å². The van der Waals surface area contributed by atoms with Crippen LogP contribution in [0.5, 0.6) is 0 Å². The molecule has 3 aliphatic rings. The summed E-state index contributed by atoms with van der Waals surface area (Å²) in [6, 6.07) is -3.53. The molecule has 13 atom stereocenters. The van der Waals surface area contributed by atoms with Crippen LogP contribution in [0.1, 0.15) is 44.9 Å². The summed E-state index contributed by atoms with van der Waals surface area (Å²) >= 11 is 0. The SMILES string of the molecule is N[C@@H]([C@H](O)[C@H](O)CO)[C@@H](O)CC1[C@H](N)C[C@H](N)[C@@H](OC2O[C@H](CNC(=O)CCCCCN3C(=O)C=CC3=O)[C@@H](O)C[C@H]2N)[C@@H]1O. The molecule has 3 amide bonds. The first kappa shape index (κ1) is 37.3. The van der Waals surface area contributed by atoms with Crippen molar-refractivity contribution in [2.24, 2.45) is 28.9 Å². The molecule has 45 heavy (non-hydrogen) atoms. The number of hydrogen-bond donors (Lipinski definition) is 11. The number of nitrogens with one attached hydrogen (secondary N) is 1. The third-order valence-electron chi connectivity index (χ3n) is 8.80. The summed E-state index contributed by atoms with van der Waals surface area (Å²) in [6.07, 6.45) is -5.42. The predicted octanol–water partition coefficient (Wildman–Crippen LogP) is -5.40. The molecule has 2 aliphatic heterocycles. The lowest BCUT2D eigenvalue weighted by atomic mass is 9.74. The first-order valence-electron chi connectivity index (χ1n) is 15.4. The Morgan fingerprint density at radius 1 is 1.00 bits per heavy atom. The molecule has 2 unspecified atom stereocenters. The topological polar surface area (TPSA) is 310 Å². The Morgan fingerprint density at radius 3 is 2.31 bits per heavy atom. The second kappa shape index (κ2) is 17.1. The van der Waals surface area contributed by atoms with Crippen molar-refractivity contribution in [3.63, 3.8) is 0 Å². The van der Waals surface area contributed by atoms with E-state index in [-0.39, 0.29) is 56.5 Å². The van der Waals surface area contributed by atoms with Gasteiger partial charge in [-0.05, 0) is 32.1 Å². The highest BCUT2D eigenvalue weighted by molar-refractivity contribution is 6.12. The van der Waals surface area contributed by atoms with Gasteiger partial charge in [0.25, 0.3) is 11.8 Å². The quantitative estimate of drug-likeness (QED) is 0.0551. The van der Waals surface area contributed by atoms with E-state index in [1.54, 1.807) is 0 Å². The highest BCUT2D eigenvalue weighted by atomic mass is 16.7. The van der Waals surface area contributed by atoms with Gasteiger partial charge in [0.15, 0.2) is 6.29 Å². The molecular weight excluding hydrogens is 596 g/mol. The van der Waals surface area contributed by atoms with Gasteiger partial charge in [0, 0.05) is 49.7 Å². The van der Waals surface area contributed by atoms with Gasteiger partial charge in [-0.25, -0.2) is 0 Å². The molecule has 2 fully saturated rings. The summed E-state index contributed by atoms with van der Waals surface area (Å²) in [6.45, 7) is -0.508. The van der Waals surface area contributed by atoms with E-state index in [9.17, 15) is 39.9 Å². The lowest BCUT2D eigenvalue weighted by Crippen LogP contribution is -2.63. The maximum atomic E-state index is 12.4. The van der Waals surface area contributed by atoms with E-state index in [1.807, 2.05) is 0 Å². The average molecular weight is 647 g/mol. The second-order valence-electron chi connectivity index (χ2n) is 12.2. The molecule has 0 aromatic rings. The van der Waals surface area contributed by atoms with Crippen molar-refractivity contribution in [1.29, 1.82) is 0 Å². The Labute approximate surface area is 261 Å². The molecule has 2 heterocycles. The lowest BCUT2D eigenvalue weighted by molar-refractivity contribution is -0.266. The third kappa shape index (κ3) is 9.93. The summed E-state index contributed by atoms with van der Waals surface area (Å²) in [4.78, 5) is 36.7.